The number of amides is 1. The highest BCUT2D eigenvalue weighted by molar-refractivity contribution is 5.95. The molecule has 1 amide bonds. The number of aliphatic hydroxyl groups is 1. The van der Waals surface area contributed by atoms with Crippen LogP contribution in [0.4, 0.5) is 10.1 Å². The predicted octanol–water partition coefficient (Wildman–Crippen LogP) is 1.63. The van der Waals surface area contributed by atoms with Crippen molar-refractivity contribution in [3.8, 4) is 0 Å². The van der Waals surface area contributed by atoms with Crippen molar-refractivity contribution in [2.45, 2.75) is 19.3 Å². The molecule has 0 bridgehead atoms. The molecule has 7 heteroatoms. The van der Waals surface area contributed by atoms with E-state index in [4.69, 9.17) is 5.11 Å². The number of nitrogens with zero attached hydrogens (tertiary/aromatic N) is 1. The molecule has 1 aliphatic rings. The first-order chi connectivity index (χ1) is 9.47. The number of aliphatic hydroxyl groups excluding tert-OH is 1. The minimum Gasteiger partial charge on any atom is -0.396 e. The van der Waals surface area contributed by atoms with Gasteiger partial charge in [0.05, 0.1) is 10.5 Å². The van der Waals surface area contributed by atoms with Gasteiger partial charge in [-0.1, -0.05) is 0 Å². The zero-order chi connectivity index (χ0) is 14.8. The Hall–Kier alpha value is -2.02. The molecular formula is C13H15FN2O4. The van der Waals surface area contributed by atoms with Gasteiger partial charge in [-0.15, -0.1) is 0 Å². The van der Waals surface area contributed by atoms with E-state index in [2.05, 4.69) is 5.32 Å². The van der Waals surface area contributed by atoms with Gasteiger partial charge in [0, 0.05) is 25.3 Å². The van der Waals surface area contributed by atoms with Crippen LogP contribution in [0.3, 0.4) is 0 Å². The van der Waals surface area contributed by atoms with Crippen molar-refractivity contribution in [1.29, 1.82) is 0 Å². The summed E-state index contributed by atoms with van der Waals surface area (Å²) in [6, 6.07) is 2.85. The number of hydrogen-bond acceptors (Lipinski definition) is 4. The fourth-order valence-electron chi connectivity index (χ4n) is 2.09. The van der Waals surface area contributed by atoms with E-state index in [1.807, 2.05) is 0 Å². The maximum atomic E-state index is 13.5. The molecule has 0 spiro atoms. The van der Waals surface area contributed by atoms with Gasteiger partial charge in [-0.2, -0.15) is 0 Å². The second-order valence-electron chi connectivity index (χ2n) is 5.08. The average Bonchev–Trinajstić information content (AvgIpc) is 3.17. The van der Waals surface area contributed by atoms with E-state index in [9.17, 15) is 19.3 Å². The SMILES string of the molecule is O=C(NCC1(CCO)CC1)c1cc([N+](=O)[O-])ccc1F. The zero-order valence-corrected chi connectivity index (χ0v) is 10.8. The summed E-state index contributed by atoms with van der Waals surface area (Å²) in [6.07, 6.45) is 2.40. The van der Waals surface area contributed by atoms with E-state index < -0.39 is 16.6 Å². The van der Waals surface area contributed by atoms with Crippen molar-refractivity contribution >= 4 is 11.6 Å². The van der Waals surface area contributed by atoms with Crippen LogP contribution in [-0.2, 0) is 0 Å². The van der Waals surface area contributed by atoms with E-state index >= 15 is 0 Å². The second-order valence-corrected chi connectivity index (χ2v) is 5.08. The van der Waals surface area contributed by atoms with Crippen molar-refractivity contribution < 1.29 is 19.2 Å². The molecule has 0 radical (unpaired) electrons. The number of nitro groups is 1. The highest BCUT2D eigenvalue weighted by atomic mass is 19.1. The fourth-order valence-corrected chi connectivity index (χ4v) is 2.09. The number of nitrogens with one attached hydrogen (secondary N) is 1. The molecule has 0 aliphatic heterocycles. The Morgan fingerprint density at radius 1 is 1.50 bits per heavy atom. The van der Waals surface area contributed by atoms with Gasteiger partial charge in [-0.3, -0.25) is 14.9 Å². The first-order valence-corrected chi connectivity index (χ1v) is 6.30. The van der Waals surface area contributed by atoms with E-state index in [1.165, 1.54) is 0 Å². The normalized spacial score (nSPS) is 15.7. The van der Waals surface area contributed by atoms with Crippen molar-refractivity contribution in [2.24, 2.45) is 5.41 Å². The van der Waals surface area contributed by atoms with Crippen LogP contribution < -0.4 is 5.32 Å². The van der Waals surface area contributed by atoms with Crippen LogP contribution in [0.1, 0.15) is 29.6 Å². The molecule has 0 saturated heterocycles. The first kappa shape index (κ1) is 14.4. The number of non-ortho nitro benzene ring substituents is 1. The Morgan fingerprint density at radius 2 is 2.20 bits per heavy atom. The van der Waals surface area contributed by atoms with E-state index in [-0.39, 0.29) is 23.3 Å². The van der Waals surface area contributed by atoms with Crippen LogP contribution in [0.5, 0.6) is 0 Å². The number of benzene rings is 1. The summed E-state index contributed by atoms with van der Waals surface area (Å²) >= 11 is 0. The highest BCUT2D eigenvalue weighted by Crippen LogP contribution is 2.47. The molecule has 1 aromatic rings. The van der Waals surface area contributed by atoms with Crippen molar-refractivity contribution in [1.82, 2.24) is 5.32 Å². The number of hydrogen-bond donors (Lipinski definition) is 2. The molecule has 0 atom stereocenters. The predicted molar refractivity (Wildman–Crippen MR) is 68.8 cm³/mol. The number of nitro benzene ring substituents is 1. The number of halogens is 1. The third-order valence-corrected chi connectivity index (χ3v) is 3.63. The topological polar surface area (TPSA) is 92.5 Å². The molecule has 0 unspecified atom stereocenters. The number of carbonyl (C=O) groups excluding carboxylic acids is 1. The van der Waals surface area contributed by atoms with Gasteiger partial charge in [-0.25, -0.2) is 4.39 Å². The fraction of sp³-hybridized carbons (Fsp3) is 0.462. The van der Waals surface area contributed by atoms with Crippen LogP contribution in [-0.4, -0.2) is 29.1 Å². The molecule has 2 N–H and O–H groups in total. The van der Waals surface area contributed by atoms with Gasteiger partial charge in [0.1, 0.15) is 5.82 Å². The van der Waals surface area contributed by atoms with Crippen LogP contribution in [0.2, 0.25) is 0 Å². The maximum absolute atomic E-state index is 13.5. The molecule has 2 rings (SSSR count). The lowest BCUT2D eigenvalue weighted by molar-refractivity contribution is -0.384. The lowest BCUT2D eigenvalue weighted by Crippen LogP contribution is -2.31. The van der Waals surface area contributed by atoms with Gasteiger partial charge in [0.15, 0.2) is 0 Å². The van der Waals surface area contributed by atoms with E-state index in [1.54, 1.807) is 0 Å². The second kappa shape index (κ2) is 5.54. The third-order valence-electron chi connectivity index (χ3n) is 3.63. The van der Waals surface area contributed by atoms with Crippen LogP contribution in [0.25, 0.3) is 0 Å². The molecule has 1 fully saturated rings. The molecule has 1 aromatic carbocycles. The Kier molecular flexibility index (Phi) is 3.99. The van der Waals surface area contributed by atoms with Gasteiger partial charge in [0.2, 0.25) is 0 Å². The van der Waals surface area contributed by atoms with Gasteiger partial charge >= 0.3 is 0 Å². The van der Waals surface area contributed by atoms with Crippen LogP contribution in [0, 0.1) is 21.3 Å². The minimum absolute atomic E-state index is 0.0427. The summed E-state index contributed by atoms with van der Waals surface area (Å²) in [7, 11) is 0. The molecule has 0 aromatic heterocycles. The summed E-state index contributed by atoms with van der Waals surface area (Å²) in [5.41, 5.74) is -0.756. The summed E-state index contributed by atoms with van der Waals surface area (Å²) < 4.78 is 13.5. The Morgan fingerprint density at radius 3 is 2.75 bits per heavy atom. The average molecular weight is 282 g/mol. The number of rotatable bonds is 6. The van der Waals surface area contributed by atoms with E-state index in [0.29, 0.717) is 13.0 Å². The Bertz CT molecular complexity index is 543. The summed E-state index contributed by atoms with van der Waals surface area (Å²) in [5.74, 6) is -1.46. The van der Waals surface area contributed by atoms with Crippen molar-refractivity contribution in [3.05, 3.63) is 39.7 Å². The van der Waals surface area contributed by atoms with Crippen LogP contribution in [0.15, 0.2) is 18.2 Å². The zero-order valence-electron chi connectivity index (χ0n) is 10.8. The third kappa shape index (κ3) is 3.11. The first-order valence-electron chi connectivity index (χ1n) is 6.30. The molecule has 0 heterocycles. The van der Waals surface area contributed by atoms with Gasteiger partial charge in [0.25, 0.3) is 11.6 Å². The smallest absolute Gasteiger partial charge is 0.270 e. The Labute approximate surface area is 114 Å². The lowest BCUT2D eigenvalue weighted by Gasteiger charge is -2.14. The molecule has 20 heavy (non-hydrogen) atoms. The summed E-state index contributed by atoms with van der Waals surface area (Å²) in [6.45, 7) is 0.384. The molecular weight excluding hydrogens is 267 g/mol. The van der Waals surface area contributed by atoms with Gasteiger partial charge < -0.3 is 10.4 Å². The highest BCUT2D eigenvalue weighted by Gasteiger charge is 2.42. The van der Waals surface area contributed by atoms with Crippen molar-refractivity contribution in [3.63, 3.8) is 0 Å². The van der Waals surface area contributed by atoms with Gasteiger partial charge in [-0.05, 0) is 30.7 Å². The van der Waals surface area contributed by atoms with Crippen LogP contribution >= 0.6 is 0 Å². The Balaban J connectivity index is 2.05. The quantitative estimate of drug-likeness (QED) is 0.612. The maximum Gasteiger partial charge on any atom is 0.270 e. The monoisotopic (exact) mass is 282 g/mol. The molecule has 1 saturated carbocycles. The van der Waals surface area contributed by atoms with Crippen molar-refractivity contribution in [2.75, 3.05) is 13.2 Å². The minimum atomic E-state index is -0.792. The lowest BCUT2D eigenvalue weighted by atomic mass is 10.0. The molecule has 108 valence electrons. The summed E-state index contributed by atoms with van der Waals surface area (Å²) in [5, 5.41) is 22.1. The molecule has 6 nitrogen and oxygen atoms in total. The molecule has 1 aliphatic carbocycles. The standard InChI is InChI=1S/C13H15FN2O4/c14-11-2-1-9(16(19)20)7-10(11)12(18)15-8-13(3-4-13)5-6-17/h1-2,7,17H,3-6,8H2,(H,15,18). The summed E-state index contributed by atoms with van der Waals surface area (Å²) in [4.78, 5) is 21.8. The number of carbonyl (C=O) groups is 1. The van der Waals surface area contributed by atoms with E-state index in [0.717, 1.165) is 31.0 Å². The largest absolute Gasteiger partial charge is 0.396 e.